The molecule has 3 rings (SSSR count). The van der Waals surface area contributed by atoms with Crippen LogP contribution >= 0.6 is 0 Å². The van der Waals surface area contributed by atoms with Gasteiger partial charge in [-0.1, -0.05) is 18.2 Å². The molecule has 1 saturated heterocycles. The fraction of sp³-hybridized carbons (Fsp3) is 0.263. The highest BCUT2D eigenvalue weighted by Crippen LogP contribution is 2.15. The summed E-state index contributed by atoms with van der Waals surface area (Å²) in [7, 11) is 0. The Hall–Kier alpha value is -3.00. The molecule has 1 N–H and O–H groups in total. The minimum absolute atomic E-state index is 0.104. The number of anilines is 2. The number of nitrogens with zero attached hydrogens (tertiary/aromatic N) is 3. The van der Waals surface area contributed by atoms with Crippen molar-refractivity contribution in [1.82, 2.24) is 4.90 Å². The van der Waals surface area contributed by atoms with E-state index in [1.54, 1.807) is 12.1 Å². The molecule has 0 aromatic heterocycles. The Labute approximate surface area is 142 Å². The standard InChI is InChI=1S/C19H20N4O/c20-14-16-6-8-17(9-7-16)21-15-19(24)23-12-10-22(11-13-23)18-4-2-1-3-5-18/h1-9,21H,10-13,15H2. The van der Waals surface area contributed by atoms with E-state index >= 15 is 0 Å². The van der Waals surface area contributed by atoms with Gasteiger partial charge >= 0.3 is 0 Å². The smallest absolute Gasteiger partial charge is 0.241 e. The van der Waals surface area contributed by atoms with Crippen molar-refractivity contribution < 1.29 is 4.79 Å². The molecule has 5 nitrogen and oxygen atoms in total. The molecule has 0 spiro atoms. The molecule has 2 aromatic rings. The topological polar surface area (TPSA) is 59.4 Å². The van der Waals surface area contributed by atoms with Crippen molar-refractivity contribution in [2.45, 2.75) is 0 Å². The average Bonchev–Trinajstić information content (AvgIpc) is 2.67. The number of nitrogens with one attached hydrogen (secondary N) is 1. The van der Waals surface area contributed by atoms with Crippen molar-refractivity contribution in [3.8, 4) is 6.07 Å². The molecule has 0 radical (unpaired) electrons. The van der Waals surface area contributed by atoms with Gasteiger partial charge in [-0.2, -0.15) is 5.26 Å². The van der Waals surface area contributed by atoms with Gasteiger partial charge in [-0.3, -0.25) is 4.79 Å². The number of amides is 1. The summed E-state index contributed by atoms with van der Waals surface area (Å²) < 4.78 is 0. The van der Waals surface area contributed by atoms with Crippen LogP contribution in [0.3, 0.4) is 0 Å². The van der Waals surface area contributed by atoms with Crippen LogP contribution in [0.1, 0.15) is 5.56 Å². The Morgan fingerprint density at radius 3 is 2.29 bits per heavy atom. The Balaban J connectivity index is 1.47. The second kappa shape index (κ2) is 7.51. The summed E-state index contributed by atoms with van der Waals surface area (Å²) in [6, 6.07) is 19.5. The van der Waals surface area contributed by atoms with Crippen LogP contribution in [0.25, 0.3) is 0 Å². The third-order valence-electron chi connectivity index (χ3n) is 4.21. The number of carbonyl (C=O) groups excluding carboxylic acids is 1. The monoisotopic (exact) mass is 320 g/mol. The third-order valence-corrected chi connectivity index (χ3v) is 4.21. The first kappa shape index (κ1) is 15.9. The zero-order valence-corrected chi connectivity index (χ0v) is 13.5. The molecule has 0 atom stereocenters. The van der Waals surface area contributed by atoms with Crippen LogP contribution in [-0.4, -0.2) is 43.5 Å². The summed E-state index contributed by atoms with van der Waals surface area (Å²) in [6.45, 7) is 3.46. The van der Waals surface area contributed by atoms with Crippen LogP contribution in [0.4, 0.5) is 11.4 Å². The van der Waals surface area contributed by atoms with Crippen LogP contribution in [0, 0.1) is 11.3 Å². The van der Waals surface area contributed by atoms with E-state index in [2.05, 4.69) is 28.4 Å². The van der Waals surface area contributed by atoms with Gasteiger partial charge in [0.1, 0.15) is 0 Å². The zero-order chi connectivity index (χ0) is 16.8. The summed E-state index contributed by atoms with van der Waals surface area (Å²) in [6.07, 6.45) is 0. The van der Waals surface area contributed by atoms with Gasteiger partial charge in [0.25, 0.3) is 0 Å². The molecule has 1 heterocycles. The molecule has 1 fully saturated rings. The predicted octanol–water partition coefficient (Wildman–Crippen LogP) is 2.32. The molecule has 2 aromatic carbocycles. The average molecular weight is 320 g/mol. The maximum absolute atomic E-state index is 12.3. The van der Waals surface area contributed by atoms with Crippen LogP contribution in [0.5, 0.6) is 0 Å². The van der Waals surface area contributed by atoms with E-state index in [0.29, 0.717) is 5.56 Å². The number of hydrogen-bond acceptors (Lipinski definition) is 4. The van der Waals surface area contributed by atoms with E-state index in [4.69, 9.17) is 5.26 Å². The Kier molecular flexibility index (Phi) is 4.97. The first-order valence-corrected chi connectivity index (χ1v) is 8.08. The SMILES string of the molecule is N#Cc1ccc(NCC(=O)N2CCN(c3ccccc3)CC2)cc1. The molecular weight excluding hydrogens is 300 g/mol. The lowest BCUT2D eigenvalue weighted by atomic mass is 10.2. The molecule has 1 aliphatic heterocycles. The van der Waals surface area contributed by atoms with Crippen LogP contribution in [0.2, 0.25) is 0 Å². The first-order chi connectivity index (χ1) is 11.8. The highest BCUT2D eigenvalue weighted by atomic mass is 16.2. The van der Waals surface area contributed by atoms with Crippen LogP contribution < -0.4 is 10.2 Å². The van der Waals surface area contributed by atoms with Crippen molar-refractivity contribution in [2.24, 2.45) is 0 Å². The fourth-order valence-electron chi connectivity index (χ4n) is 2.80. The molecule has 5 heteroatoms. The van der Waals surface area contributed by atoms with Crippen molar-refractivity contribution in [3.63, 3.8) is 0 Å². The van der Waals surface area contributed by atoms with Crippen LogP contribution in [0.15, 0.2) is 54.6 Å². The van der Waals surface area contributed by atoms with Crippen LogP contribution in [-0.2, 0) is 4.79 Å². The molecule has 0 unspecified atom stereocenters. The van der Waals surface area contributed by atoms with Gasteiger partial charge in [-0.15, -0.1) is 0 Å². The maximum atomic E-state index is 12.3. The number of nitriles is 1. The molecule has 24 heavy (non-hydrogen) atoms. The molecular formula is C19H20N4O. The van der Waals surface area contributed by atoms with Gasteiger partial charge in [0, 0.05) is 37.6 Å². The molecule has 1 amide bonds. The summed E-state index contributed by atoms with van der Waals surface area (Å²) >= 11 is 0. The zero-order valence-electron chi connectivity index (χ0n) is 13.5. The molecule has 122 valence electrons. The second-order valence-electron chi connectivity index (χ2n) is 5.75. The number of rotatable bonds is 4. The second-order valence-corrected chi connectivity index (χ2v) is 5.75. The molecule has 0 bridgehead atoms. The lowest BCUT2D eigenvalue weighted by Gasteiger charge is -2.36. The summed E-state index contributed by atoms with van der Waals surface area (Å²) in [5.41, 5.74) is 2.68. The van der Waals surface area contributed by atoms with E-state index in [1.807, 2.05) is 35.2 Å². The van der Waals surface area contributed by atoms with Crippen molar-refractivity contribution in [3.05, 3.63) is 60.2 Å². The lowest BCUT2D eigenvalue weighted by molar-refractivity contribution is -0.129. The maximum Gasteiger partial charge on any atom is 0.241 e. The molecule has 0 aliphatic carbocycles. The summed E-state index contributed by atoms with van der Waals surface area (Å²) in [5, 5.41) is 11.9. The van der Waals surface area contributed by atoms with Gasteiger partial charge in [0.15, 0.2) is 0 Å². The fourth-order valence-corrected chi connectivity index (χ4v) is 2.80. The number of hydrogen-bond donors (Lipinski definition) is 1. The van der Waals surface area contributed by atoms with E-state index in [0.717, 1.165) is 31.9 Å². The van der Waals surface area contributed by atoms with Crippen molar-refractivity contribution in [2.75, 3.05) is 42.9 Å². The predicted molar refractivity (Wildman–Crippen MR) is 94.9 cm³/mol. The van der Waals surface area contributed by atoms with Crippen molar-refractivity contribution >= 4 is 17.3 Å². The van der Waals surface area contributed by atoms with Gasteiger partial charge < -0.3 is 15.1 Å². The largest absolute Gasteiger partial charge is 0.376 e. The number of carbonyl (C=O) groups is 1. The number of piperazine rings is 1. The van der Waals surface area contributed by atoms with Gasteiger partial charge in [-0.25, -0.2) is 0 Å². The molecule has 0 saturated carbocycles. The third kappa shape index (κ3) is 3.85. The van der Waals surface area contributed by atoms with Gasteiger partial charge in [-0.05, 0) is 36.4 Å². The Bertz CT molecular complexity index is 713. The highest BCUT2D eigenvalue weighted by Gasteiger charge is 2.20. The number of para-hydroxylation sites is 1. The molecule has 1 aliphatic rings. The first-order valence-electron chi connectivity index (χ1n) is 8.08. The van der Waals surface area contributed by atoms with Gasteiger partial charge in [0.2, 0.25) is 5.91 Å². The Morgan fingerprint density at radius 2 is 1.67 bits per heavy atom. The minimum Gasteiger partial charge on any atom is -0.376 e. The normalized spacial score (nSPS) is 14.1. The highest BCUT2D eigenvalue weighted by molar-refractivity contribution is 5.81. The summed E-state index contributed by atoms with van der Waals surface area (Å²) in [4.78, 5) is 16.5. The van der Waals surface area contributed by atoms with E-state index in [-0.39, 0.29) is 12.5 Å². The van der Waals surface area contributed by atoms with E-state index in [1.165, 1.54) is 5.69 Å². The van der Waals surface area contributed by atoms with E-state index in [9.17, 15) is 4.79 Å². The van der Waals surface area contributed by atoms with Crippen molar-refractivity contribution in [1.29, 1.82) is 5.26 Å². The minimum atomic E-state index is 0.104. The number of benzene rings is 2. The lowest BCUT2D eigenvalue weighted by Crippen LogP contribution is -2.50. The quantitative estimate of drug-likeness (QED) is 0.939. The Morgan fingerprint density at radius 1 is 1.00 bits per heavy atom. The van der Waals surface area contributed by atoms with E-state index < -0.39 is 0 Å². The van der Waals surface area contributed by atoms with Gasteiger partial charge in [0.05, 0.1) is 18.2 Å². The summed E-state index contributed by atoms with van der Waals surface area (Å²) in [5.74, 6) is 0.104.